The molecule has 2 fully saturated rings. The van der Waals surface area contributed by atoms with Gasteiger partial charge in [0, 0.05) is 57.9 Å². The number of fused-ring (bicyclic) bond motifs is 1. The minimum absolute atomic E-state index is 0.138. The molecule has 34 heavy (non-hydrogen) atoms. The maximum atomic E-state index is 13.1. The van der Waals surface area contributed by atoms with E-state index >= 15 is 0 Å². The zero-order valence-electron chi connectivity index (χ0n) is 19.7. The van der Waals surface area contributed by atoms with Gasteiger partial charge in [-0.15, -0.1) is 0 Å². The van der Waals surface area contributed by atoms with E-state index in [1.54, 1.807) is 4.90 Å². The largest absolute Gasteiger partial charge is 0.378 e. The molecule has 8 nitrogen and oxygen atoms in total. The lowest BCUT2D eigenvalue weighted by Crippen LogP contribution is -2.52. The van der Waals surface area contributed by atoms with Crippen LogP contribution in [-0.4, -0.2) is 60.7 Å². The third-order valence-corrected chi connectivity index (χ3v) is 7.39. The average Bonchev–Trinajstić information content (AvgIpc) is 3.35. The summed E-state index contributed by atoms with van der Waals surface area (Å²) < 4.78 is 0. The highest BCUT2D eigenvalue weighted by atomic mass is 16.2. The third kappa shape index (κ3) is 3.97. The van der Waals surface area contributed by atoms with Crippen LogP contribution in [0.2, 0.25) is 0 Å². The van der Waals surface area contributed by atoms with Crippen molar-refractivity contribution in [1.29, 1.82) is 0 Å². The predicted molar refractivity (Wildman–Crippen MR) is 129 cm³/mol. The Morgan fingerprint density at radius 1 is 1.15 bits per heavy atom. The van der Waals surface area contributed by atoms with Gasteiger partial charge in [0.2, 0.25) is 11.8 Å². The van der Waals surface area contributed by atoms with Crippen LogP contribution in [0.1, 0.15) is 46.3 Å². The lowest BCUT2D eigenvalue weighted by molar-refractivity contribution is -0.136. The summed E-state index contributed by atoms with van der Waals surface area (Å²) in [4.78, 5) is 43.1. The second-order valence-electron chi connectivity index (χ2n) is 9.90. The molecule has 0 aliphatic carbocycles. The Balaban J connectivity index is 1.32. The summed E-state index contributed by atoms with van der Waals surface area (Å²) in [7, 11) is 4.05. The van der Waals surface area contributed by atoms with Gasteiger partial charge in [0.05, 0.1) is 5.54 Å². The van der Waals surface area contributed by atoms with E-state index in [9.17, 15) is 14.4 Å². The summed E-state index contributed by atoms with van der Waals surface area (Å²) in [5, 5.41) is 2.37. The van der Waals surface area contributed by atoms with E-state index in [0.29, 0.717) is 25.1 Å². The molecule has 2 aromatic rings. The molecule has 8 heteroatoms. The van der Waals surface area contributed by atoms with Gasteiger partial charge < -0.3 is 15.5 Å². The van der Waals surface area contributed by atoms with Gasteiger partial charge in [-0.1, -0.05) is 24.3 Å². The van der Waals surface area contributed by atoms with E-state index in [1.165, 1.54) is 0 Å². The number of nitrogens with two attached hydrogens (primary N) is 1. The van der Waals surface area contributed by atoms with Crippen LogP contribution in [0.3, 0.4) is 0 Å². The van der Waals surface area contributed by atoms with Crippen LogP contribution in [0.4, 0.5) is 5.69 Å². The van der Waals surface area contributed by atoms with Gasteiger partial charge in [-0.2, -0.15) is 0 Å². The number of rotatable bonds is 5. The van der Waals surface area contributed by atoms with Crippen LogP contribution >= 0.6 is 0 Å². The fourth-order valence-corrected chi connectivity index (χ4v) is 5.42. The molecule has 3 heterocycles. The number of nitrogens with zero attached hydrogens (tertiary/aromatic N) is 3. The first kappa shape index (κ1) is 22.6. The van der Waals surface area contributed by atoms with Gasteiger partial charge in [-0.25, -0.2) is 0 Å². The molecule has 3 amide bonds. The maximum absolute atomic E-state index is 13.1. The highest BCUT2D eigenvalue weighted by Gasteiger charge is 2.41. The predicted octanol–water partition coefficient (Wildman–Crippen LogP) is 1.57. The SMILES string of the molecule is CN(C)c1cccc(C2(N)CCN(Cc3cccc4c3CN(C3CCC(=O)NC3=O)C4=O)C2)c1. The zero-order valence-corrected chi connectivity index (χ0v) is 19.7. The molecule has 0 spiro atoms. The monoisotopic (exact) mass is 461 g/mol. The van der Waals surface area contributed by atoms with Crippen molar-refractivity contribution >= 4 is 23.4 Å². The molecule has 5 rings (SSSR count). The molecule has 178 valence electrons. The van der Waals surface area contributed by atoms with E-state index in [2.05, 4.69) is 45.4 Å². The van der Waals surface area contributed by atoms with Crippen LogP contribution in [0, 0.1) is 0 Å². The second-order valence-corrected chi connectivity index (χ2v) is 9.90. The Hall–Kier alpha value is -3.23. The van der Waals surface area contributed by atoms with E-state index in [1.807, 2.05) is 26.2 Å². The topological polar surface area (TPSA) is 99.0 Å². The van der Waals surface area contributed by atoms with E-state index < -0.39 is 11.6 Å². The van der Waals surface area contributed by atoms with Crippen molar-refractivity contribution in [1.82, 2.24) is 15.1 Å². The van der Waals surface area contributed by atoms with Gasteiger partial charge in [0.15, 0.2) is 0 Å². The zero-order chi connectivity index (χ0) is 24.0. The van der Waals surface area contributed by atoms with Crippen molar-refractivity contribution < 1.29 is 14.4 Å². The van der Waals surface area contributed by atoms with Crippen LogP contribution < -0.4 is 16.0 Å². The Bertz CT molecular complexity index is 1160. The Morgan fingerprint density at radius 2 is 1.94 bits per heavy atom. The number of carbonyl (C=O) groups is 3. The Kier molecular flexibility index (Phi) is 5.65. The fourth-order valence-electron chi connectivity index (χ4n) is 5.42. The van der Waals surface area contributed by atoms with Crippen molar-refractivity contribution in [3.63, 3.8) is 0 Å². The smallest absolute Gasteiger partial charge is 0.255 e. The fraction of sp³-hybridized carbons (Fsp3) is 0.423. The standard InChI is InChI=1S/C26H31N5O3/c1-29(2)19-7-4-6-18(13-19)26(27)11-12-30(16-26)14-17-5-3-8-20-21(17)15-31(25(20)34)22-9-10-23(32)28-24(22)33/h3-8,13,22H,9-12,14-16,27H2,1-2H3,(H,28,32,33). The lowest BCUT2D eigenvalue weighted by atomic mass is 9.90. The number of hydrogen-bond acceptors (Lipinski definition) is 6. The molecule has 3 N–H and O–H groups in total. The van der Waals surface area contributed by atoms with Crippen LogP contribution in [0.25, 0.3) is 0 Å². The maximum Gasteiger partial charge on any atom is 0.255 e. The second kappa shape index (κ2) is 8.52. The van der Waals surface area contributed by atoms with Crippen molar-refractivity contribution in [3.05, 3.63) is 64.7 Å². The number of benzene rings is 2. The molecule has 0 bridgehead atoms. The molecule has 0 saturated carbocycles. The number of carbonyl (C=O) groups excluding carboxylic acids is 3. The first-order chi connectivity index (χ1) is 16.2. The van der Waals surface area contributed by atoms with Crippen molar-refractivity contribution in [3.8, 4) is 0 Å². The molecular weight excluding hydrogens is 430 g/mol. The highest BCUT2D eigenvalue weighted by molar-refractivity contribution is 6.05. The number of imide groups is 1. The van der Waals surface area contributed by atoms with Gasteiger partial charge in [-0.3, -0.25) is 24.6 Å². The molecule has 0 aromatic heterocycles. The van der Waals surface area contributed by atoms with E-state index in [-0.39, 0.29) is 24.1 Å². The van der Waals surface area contributed by atoms with Crippen molar-refractivity contribution in [2.45, 2.75) is 43.9 Å². The van der Waals surface area contributed by atoms with Gasteiger partial charge in [0.25, 0.3) is 5.91 Å². The van der Waals surface area contributed by atoms with Gasteiger partial charge >= 0.3 is 0 Å². The number of anilines is 1. The first-order valence-electron chi connectivity index (χ1n) is 11.8. The normalized spacial score (nSPS) is 25.0. The summed E-state index contributed by atoms with van der Waals surface area (Å²) in [6, 6.07) is 13.6. The summed E-state index contributed by atoms with van der Waals surface area (Å²) in [5.74, 6) is -0.797. The minimum Gasteiger partial charge on any atom is -0.378 e. The number of hydrogen-bond donors (Lipinski definition) is 2. The summed E-state index contributed by atoms with van der Waals surface area (Å²) in [5.41, 5.74) is 11.4. The Morgan fingerprint density at radius 3 is 2.71 bits per heavy atom. The number of nitrogens with one attached hydrogen (secondary N) is 1. The summed E-state index contributed by atoms with van der Waals surface area (Å²) >= 11 is 0. The number of likely N-dealkylation sites (tertiary alicyclic amines) is 1. The minimum atomic E-state index is -0.599. The first-order valence-corrected chi connectivity index (χ1v) is 11.8. The molecule has 2 saturated heterocycles. The van der Waals surface area contributed by atoms with Gasteiger partial charge in [0.1, 0.15) is 6.04 Å². The molecular formula is C26H31N5O3. The molecule has 3 aliphatic heterocycles. The molecule has 2 unspecified atom stereocenters. The molecule has 2 aromatic carbocycles. The number of amides is 3. The number of piperidine rings is 1. The van der Waals surface area contributed by atoms with Crippen LogP contribution in [0.5, 0.6) is 0 Å². The quantitative estimate of drug-likeness (QED) is 0.656. The molecule has 2 atom stereocenters. The molecule has 3 aliphatic rings. The lowest BCUT2D eigenvalue weighted by Gasteiger charge is -2.29. The van der Waals surface area contributed by atoms with Crippen LogP contribution in [-0.2, 0) is 28.2 Å². The summed E-state index contributed by atoms with van der Waals surface area (Å²) in [6.45, 7) is 2.70. The van der Waals surface area contributed by atoms with Gasteiger partial charge in [-0.05, 0) is 47.7 Å². The third-order valence-electron chi connectivity index (χ3n) is 7.39. The van der Waals surface area contributed by atoms with E-state index in [0.717, 1.165) is 41.9 Å². The van der Waals surface area contributed by atoms with Crippen molar-refractivity contribution in [2.24, 2.45) is 5.73 Å². The highest BCUT2D eigenvalue weighted by Crippen LogP contribution is 2.34. The van der Waals surface area contributed by atoms with Crippen molar-refractivity contribution in [2.75, 3.05) is 32.1 Å². The van der Waals surface area contributed by atoms with Crippen LogP contribution in [0.15, 0.2) is 42.5 Å². The molecule has 0 radical (unpaired) electrons. The van der Waals surface area contributed by atoms with E-state index in [4.69, 9.17) is 5.73 Å². The Labute approximate surface area is 199 Å². The summed E-state index contributed by atoms with van der Waals surface area (Å²) in [6.07, 6.45) is 1.48. The average molecular weight is 462 g/mol.